The van der Waals surface area contributed by atoms with Gasteiger partial charge in [-0.05, 0) is 0 Å². The molecule has 0 radical (unpaired) electrons. The maximum atomic E-state index is 11.4. The van der Waals surface area contributed by atoms with E-state index in [2.05, 4.69) is 17.2 Å². The fourth-order valence-electron chi connectivity index (χ4n) is 1.53. The lowest BCUT2D eigenvalue weighted by Gasteiger charge is -2.31. The summed E-state index contributed by atoms with van der Waals surface area (Å²) in [4.78, 5) is 34.8. The van der Waals surface area contributed by atoms with Crippen LogP contribution in [-0.4, -0.2) is 60.0 Å². The highest BCUT2D eigenvalue weighted by atomic mass is 16.4. The number of carboxylic acid groups (broad SMARTS) is 1. The van der Waals surface area contributed by atoms with Crippen molar-refractivity contribution < 1.29 is 19.5 Å². The van der Waals surface area contributed by atoms with Crippen LogP contribution in [0.4, 0.5) is 0 Å². The SMILES string of the molecule is C=CCNC(=O)CN1CC(=O)NCC1C(=O)O. The van der Waals surface area contributed by atoms with Gasteiger partial charge in [-0.3, -0.25) is 19.3 Å². The molecular formula is C10H15N3O4. The Morgan fingerprint density at radius 1 is 1.65 bits per heavy atom. The molecule has 0 aromatic heterocycles. The van der Waals surface area contributed by atoms with E-state index in [1.54, 1.807) is 0 Å². The Balaban J connectivity index is 2.57. The van der Waals surface area contributed by atoms with E-state index in [9.17, 15) is 14.4 Å². The van der Waals surface area contributed by atoms with E-state index in [-0.39, 0.29) is 31.4 Å². The average molecular weight is 241 g/mol. The Kier molecular flexibility index (Phi) is 4.65. The van der Waals surface area contributed by atoms with Crippen LogP contribution in [0, 0.1) is 0 Å². The number of hydrogen-bond donors (Lipinski definition) is 3. The van der Waals surface area contributed by atoms with Gasteiger partial charge in [-0.25, -0.2) is 0 Å². The summed E-state index contributed by atoms with van der Waals surface area (Å²) in [6, 6.07) is -0.859. The van der Waals surface area contributed by atoms with Gasteiger partial charge in [0.25, 0.3) is 0 Å². The zero-order valence-electron chi connectivity index (χ0n) is 9.31. The third-order valence-corrected chi connectivity index (χ3v) is 2.36. The van der Waals surface area contributed by atoms with E-state index in [1.165, 1.54) is 11.0 Å². The summed E-state index contributed by atoms with van der Waals surface area (Å²) in [5, 5.41) is 13.9. The molecule has 1 atom stereocenters. The molecule has 17 heavy (non-hydrogen) atoms. The van der Waals surface area contributed by atoms with E-state index < -0.39 is 12.0 Å². The summed E-state index contributed by atoms with van der Waals surface area (Å²) >= 11 is 0. The average Bonchev–Trinajstić information content (AvgIpc) is 2.26. The van der Waals surface area contributed by atoms with E-state index in [0.717, 1.165) is 0 Å². The topological polar surface area (TPSA) is 98.7 Å². The molecule has 0 aliphatic carbocycles. The van der Waals surface area contributed by atoms with Gasteiger partial charge in [0.2, 0.25) is 11.8 Å². The van der Waals surface area contributed by atoms with Crippen molar-refractivity contribution in [3.8, 4) is 0 Å². The monoisotopic (exact) mass is 241 g/mol. The van der Waals surface area contributed by atoms with Gasteiger partial charge in [-0.15, -0.1) is 6.58 Å². The lowest BCUT2D eigenvalue weighted by Crippen LogP contribution is -2.59. The Hall–Kier alpha value is -1.89. The summed E-state index contributed by atoms with van der Waals surface area (Å²) < 4.78 is 0. The first-order valence-corrected chi connectivity index (χ1v) is 5.15. The van der Waals surface area contributed by atoms with Crippen molar-refractivity contribution >= 4 is 17.8 Å². The molecule has 7 nitrogen and oxygen atoms in total. The van der Waals surface area contributed by atoms with Crippen LogP contribution in [0.15, 0.2) is 12.7 Å². The van der Waals surface area contributed by atoms with E-state index in [0.29, 0.717) is 6.54 Å². The molecule has 1 fully saturated rings. The highest BCUT2D eigenvalue weighted by molar-refractivity contribution is 5.85. The lowest BCUT2D eigenvalue weighted by atomic mass is 10.2. The molecule has 1 aliphatic heterocycles. The van der Waals surface area contributed by atoms with Crippen molar-refractivity contribution in [3.63, 3.8) is 0 Å². The minimum Gasteiger partial charge on any atom is -0.480 e. The molecule has 1 rings (SSSR count). The molecule has 0 aromatic rings. The highest BCUT2D eigenvalue weighted by Crippen LogP contribution is 2.03. The van der Waals surface area contributed by atoms with Crippen LogP contribution < -0.4 is 10.6 Å². The van der Waals surface area contributed by atoms with E-state index >= 15 is 0 Å². The third-order valence-electron chi connectivity index (χ3n) is 2.36. The van der Waals surface area contributed by atoms with Crippen molar-refractivity contribution in [3.05, 3.63) is 12.7 Å². The van der Waals surface area contributed by atoms with Crippen LogP contribution in [0.1, 0.15) is 0 Å². The van der Waals surface area contributed by atoms with Crippen molar-refractivity contribution in [2.75, 3.05) is 26.2 Å². The minimum atomic E-state index is -1.05. The lowest BCUT2D eigenvalue weighted by molar-refractivity contribution is -0.146. The fourth-order valence-corrected chi connectivity index (χ4v) is 1.53. The number of nitrogens with one attached hydrogen (secondary N) is 2. The second-order valence-electron chi connectivity index (χ2n) is 3.66. The van der Waals surface area contributed by atoms with Crippen LogP contribution in [0.5, 0.6) is 0 Å². The molecule has 2 amide bonds. The van der Waals surface area contributed by atoms with Crippen LogP contribution in [0.25, 0.3) is 0 Å². The van der Waals surface area contributed by atoms with E-state index in [1.807, 2.05) is 0 Å². The number of nitrogens with zero attached hydrogens (tertiary/aromatic N) is 1. The normalized spacial score (nSPS) is 20.5. The van der Waals surface area contributed by atoms with Gasteiger partial charge in [0.05, 0.1) is 13.1 Å². The number of amides is 2. The fraction of sp³-hybridized carbons (Fsp3) is 0.500. The zero-order valence-corrected chi connectivity index (χ0v) is 9.31. The van der Waals surface area contributed by atoms with Gasteiger partial charge in [0.1, 0.15) is 6.04 Å². The summed E-state index contributed by atoms with van der Waals surface area (Å²) in [5.74, 6) is -1.66. The predicted molar refractivity (Wildman–Crippen MR) is 59.2 cm³/mol. The first-order chi connectivity index (χ1) is 8.04. The standard InChI is InChI=1S/C10H15N3O4/c1-2-3-11-8(14)5-13-6-9(15)12-4-7(13)10(16)17/h2,7H,1,3-6H2,(H,11,14)(H,12,15)(H,16,17). The van der Waals surface area contributed by atoms with Gasteiger partial charge in [-0.1, -0.05) is 6.08 Å². The molecular weight excluding hydrogens is 226 g/mol. The molecule has 0 spiro atoms. The summed E-state index contributed by atoms with van der Waals surface area (Å²) in [6.45, 7) is 3.58. The molecule has 1 saturated heterocycles. The first kappa shape index (κ1) is 13.2. The quantitative estimate of drug-likeness (QED) is 0.492. The maximum absolute atomic E-state index is 11.4. The number of aliphatic carboxylic acids is 1. The van der Waals surface area contributed by atoms with Gasteiger partial charge in [0, 0.05) is 13.1 Å². The Morgan fingerprint density at radius 2 is 2.35 bits per heavy atom. The van der Waals surface area contributed by atoms with Crippen molar-refractivity contribution in [1.29, 1.82) is 0 Å². The van der Waals surface area contributed by atoms with Gasteiger partial charge in [-0.2, -0.15) is 0 Å². The molecule has 1 heterocycles. The molecule has 1 aliphatic rings. The number of rotatable bonds is 5. The third kappa shape index (κ3) is 3.87. The number of piperazine rings is 1. The van der Waals surface area contributed by atoms with Crippen molar-refractivity contribution in [2.24, 2.45) is 0 Å². The Labute approximate surface area is 98.5 Å². The maximum Gasteiger partial charge on any atom is 0.322 e. The first-order valence-electron chi connectivity index (χ1n) is 5.15. The van der Waals surface area contributed by atoms with Crippen molar-refractivity contribution in [1.82, 2.24) is 15.5 Å². The van der Waals surface area contributed by atoms with Crippen LogP contribution in [-0.2, 0) is 14.4 Å². The van der Waals surface area contributed by atoms with Crippen LogP contribution >= 0.6 is 0 Å². The molecule has 0 aromatic carbocycles. The second kappa shape index (κ2) is 6.00. The van der Waals surface area contributed by atoms with Gasteiger partial charge < -0.3 is 15.7 Å². The molecule has 0 saturated carbocycles. The predicted octanol–water partition coefficient (Wildman–Crippen LogP) is -1.83. The smallest absolute Gasteiger partial charge is 0.322 e. The Bertz CT molecular complexity index is 342. The number of carbonyl (C=O) groups excluding carboxylic acids is 2. The molecule has 1 unspecified atom stereocenters. The Morgan fingerprint density at radius 3 is 2.94 bits per heavy atom. The van der Waals surface area contributed by atoms with Gasteiger partial charge in [0.15, 0.2) is 0 Å². The van der Waals surface area contributed by atoms with Crippen molar-refractivity contribution in [2.45, 2.75) is 6.04 Å². The number of carboxylic acids is 1. The largest absolute Gasteiger partial charge is 0.480 e. The number of carbonyl (C=O) groups is 3. The molecule has 94 valence electrons. The minimum absolute atomic E-state index is 0.0168. The highest BCUT2D eigenvalue weighted by Gasteiger charge is 2.32. The zero-order chi connectivity index (χ0) is 12.8. The molecule has 7 heteroatoms. The van der Waals surface area contributed by atoms with Crippen LogP contribution in [0.2, 0.25) is 0 Å². The molecule has 0 bridgehead atoms. The van der Waals surface area contributed by atoms with Crippen LogP contribution in [0.3, 0.4) is 0 Å². The van der Waals surface area contributed by atoms with Gasteiger partial charge >= 0.3 is 5.97 Å². The summed E-state index contributed by atoms with van der Waals surface area (Å²) in [6.07, 6.45) is 1.52. The summed E-state index contributed by atoms with van der Waals surface area (Å²) in [5.41, 5.74) is 0. The number of hydrogen-bond acceptors (Lipinski definition) is 4. The summed E-state index contributed by atoms with van der Waals surface area (Å²) in [7, 11) is 0. The van der Waals surface area contributed by atoms with E-state index in [4.69, 9.17) is 5.11 Å². The molecule has 3 N–H and O–H groups in total. The second-order valence-corrected chi connectivity index (χ2v) is 3.66.